The Hall–Kier alpha value is -2.60. The van der Waals surface area contributed by atoms with E-state index in [-0.39, 0.29) is 0 Å². The van der Waals surface area contributed by atoms with E-state index < -0.39 is 0 Å². The second-order valence-corrected chi connectivity index (χ2v) is 4.17. The molecule has 0 saturated heterocycles. The van der Waals surface area contributed by atoms with Crippen LogP contribution in [0.25, 0.3) is 16.9 Å². The van der Waals surface area contributed by atoms with Gasteiger partial charge in [-0.05, 0) is 18.6 Å². The van der Waals surface area contributed by atoms with Crippen LogP contribution in [-0.2, 0) is 0 Å². The Labute approximate surface area is 105 Å². The van der Waals surface area contributed by atoms with Crippen molar-refractivity contribution in [3.63, 3.8) is 0 Å². The Morgan fingerprint density at radius 2 is 1.89 bits per heavy atom. The molecule has 0 fully saturated rings. The summed E-state index contributed by atoms with van der Waals surface area (Å²) in [6, 6.07) is 16.0. The van der Waals surface area contributed by atoms with E-state index in [0.717, 1.165) is 22.5 Å². The van der Waals surface area contributed by atoms with Gasteiger partial charge in [0.25, 0.3) is 0 Å². The molecule has 2 heterocycles. The smallest absolute Gasteiger partial charge is 0.152 e. The molecular formula is C15H11N3. The molecule has 0 unspecified atom stereocenters. The molecule has 0 bridgehead atoms. The molecule has 0 radical (unpaired) electrons. The molecular weight excluding hydrogens is 222 g/mol. The number of imidazole rings is 1. The lowest BCUT2D eigenvalue weighted by Crippen LogP contribution is -1.89. The first-order valence-electron chi connectivity index (χ1n) is 5.74. The van der Waals surface area contributed by atoms with Gasteiger partial charge in [0.15, 0.2) is 5.69 Å². The van der Waals surface area contributed by atoms with E-state index in [2.05, 4.69) is 11.1 Å². The van der Waals surface area contributed by atoms with Gasteiger partial charge in [-0.25, -0.2) is 4.98 Å². The molecule has 0 aliphatic heterocycles. The van der Waals surface area contributed by atoms with Crippen LogP contribution >= 0.6 is 0 Å². The largest absolute Gasteiger partial charge is 0.291 e. The number of aryl methyl sites for hydroxylation is 1. The van der Waals surface area contributed by atoms with Gasteiger partial charge in [-0.1, -0.05) is 36.4 Å². The standard InChI is InChI=1S/C15H11N3/c1-11-6-5-9-18-13(10-16)14(17-15(11)18)12-7-3-2-4-8-12/h2-9H,1H3. The zero-order chi connectivity index (χ0) is 12.5. The van der Waals surface area contributed by atoms with E-state index in [1.807, 2.05) is 60.0 Å². The first-order valence-corrected chi connectivity index (χ1v) is 5.74. The fraction of sp³-hybridized carbons (Fsp3) is 0.0667. The van der Waals surface area contributed by atoms with Crippen LogP contribution in [0.4, 0.5) is 0 Å². The van der Waals surface area contributed by atoms with Crippen molar-refractivity contribution in [2.75, 3.05) is 0 Å². The monoisotopic (exact) mass is 233 g/mol. The molecule has 3 rings (SSSR count). The van der Waals surface area contributed by atoms with Crippen molar-refractivity contribution in [2.45, 2.75) is 6.92 Å². The first kappa shape index (κ1) is 10.5. The summed E-state index contributed by atoms with van der Waals surface area (Å²) >= 11 is 0. The third-order valence-corrected chi connectivity index (χ3v) is 3.00. The van der Waals surface area contributed by atoms with Crippen LogP contribution in [0.15, 0.2) is 48.7 Å². The molecule has 2 aromatic heterocycles. The number of hydrogen-bond donors (Lipinski definition) is 0. The molecule has 0 amide bonds. The number of pyridine rings is 1. The minimum atomic E-state index is 0.583. The molecule has 0 atom stereocenters. The third-order valence-electron chi connectivity index (χ3n) is 3.00. The second-order valence-electron chi connectivity index (χ2n) is 4.17. The highest BCUT2D eigenvalue weighted by Gasteiger charge is 2.14. The Balaban J connectivity index is 2.38. The molecule has 0 aliphatic carbocycles. The van der Waals surface area contributed by atoms with Gasteiger partial charge in [-0.2, -0.15) is 5.26 Å². The summed E-state index contributed by atoms with van der Waals surface area (Å²) in [5.41, 5.74) is 4.20. The van der Waals surface area contributed by atoms with Crippen LogP contribution < -0.4 is 0 Å². The lowest BCUT2D eigenvalue weighted by atomic mass is 10.1. The summed E-state index contributed by atoms with van der Waals surface area (Å²) in [4.78, 5) is 4.59. The highest BCUT2D eigenvalue weighted by molar-refractivity contribution is 5.70. The molecule has 0 aliphatic rings. The molecule has 3 heteroatoms. The van der Waals surface area contributed by atoms with Crippen molar-refractivity contribution < 1.29 is 0 Å². The quantitative estimate of drug-likeness (QED) is 0.647. The fourth-order valence-electron chi connectivity index (χ4n) is 2.11. The molecule has 0 saturated carbocycles. The zero-order valence-electron chi connectivity index (χ0n) is 9.96. The summed E-state index contributed by atoms with van der Waals surface area (Å²) in [5, 5.41) is 9.35. The molecule has 3 aromatic rings. The number of benzene rings is 1. The highest BCUT2D eigenvalue weighted by atomic mass is 15.0. The highest BCUT2D eigenvalue weighted by Crippen LogP contribution is 2.24. The number of nitrogens with zero attached hydrogens (tertiary/aromatic N) is 3. The summed E-state index contributed by atoms with van der Waals surface area (Å²) < 4.78 is 1.84. The minimum absolute atomic E-state index is 0.583. The maximum atomic E-state index is 9.35. The number of rotatable bonds is 1. The van der Waals surface area contributed by atoms with Crippen molar-refractivity contribution in [1.82, 2.24) is 9.38 Å². The Morgan fingerprint density at radius 1 is 1.11 bits per heavy atom. The van der Waals surface area contributed by atoms with E-state index in [9.17, 15) is 5.26 Å². The van der Waals surface area contributed by atoms with E-state index in [1.165, 1.54) is 0 Å². The molecule has 0 spiro atoms. The SMILES string of the molecule is Cc1cccn2c(C#N)c(-c3ccccc3)nc12. The van der Waals surface area contributed by atoms with Crippen LogP contribution in [0.3, 0.4) is 0 Å². The maximum absolute atomic E-state index is 9.35. The zero-order valence-corrected chi connectivity index (χ0v) is 9.96. The average Bonchev–Trinajstić information content (AvgIpc) is 2.80. The predicted octanol–water partition coefficient (Wildman–Crippen LogP) is 3.18. The van der Waals surface area contributed by atoms with Gasteiger partial charge in [0.2, 0.25) is 0 Å². The summed E-state index contributed by atoms with van der Waals surface area (Å²) in [5.74, 6) is 0. The lowest BCUT2D eigenvalue weighted by molar-refractivity contribution is 1.14. The van der Waals surface area contributed by atoms with E-state index in [1.54, 1.807) is 0 Å². The number of nitriles is 1. The molecule has 0 N–H and O–H groups in total. The third kappa shape index (κ3) is 1.47. The Morgan fingerprint density at radius 3 is 2.61 bits per heavy atom. The summed E-state index contributed by atoms with van der Waals surface area (Å²) in [7, 11) is 0. The Kier molecular flexibility index (Phi) is 2.35. The van der Waals surface area contributed by atoms with Gasteiger partial charge < -0.3 is 0 Å². The topological polar surface area (TPSA) is 41.1 Å². The lowest BCUT2D eigenvalue weighted by Gasteiger charge is -1.97. The second kappa shape index (κ2) is 4.01. The fourth-order valence-corrected chi connectivity index (χ4v) is 2.11. The van der Waals surface area contributed by atoms with Crippen LogP contribution in [-0.4, -0.2) is 9.38 Å². The first-order chi connectivity index (χ1) is 8.81. The van der Waals surface area contributed by atoms with E-state index in [0.29, 0.717) is 5.69 Å². The van der Waals surface area contributed by atoms with Crippen molar-refractivity contribution >= 4 is 5.65 Å². The predicted molar refractivity (Wildman–Crippen MR) is 70.1 cm³/mol. The van der Waals surface area contributed by atoms with Gasteiger partial charge in [0, 0.05) is 11.8 Å². The minimum Gasteiger partial charge on any atom is -0.291 e. The Bertz CT molecular complexity index is 748. The molecule has 18 heavy (non-hydrogen) atoms. The normalized spacial score (nSPS) is 10.4. The van der Waals surface area contributed by atoms with Crippen LogP contribution in [0.2, 0.25) is 0 Å². The average molecular weight is 233 g/mol. The van der Waals surface area contributed by atoms with Crippen molar-refractivity contribution in [3.05, 3.63) is 59.9 Å². The molecule has 1 aromatic carbocycles. The summed E-state index contributed by atoms with van der Waals surface area (Å²) in [6.07, 6.45) is 1.88. The van der Waals surface area contributed by atoms with Gasteiger partial charge in [0.1, 0.15) is 17.4 Å². The van der Waals surface area contributed by atoms with Crippen molar-refractivity contribution in [3.8, 4) is 17.3 Å². The van der Waals surface area contributed by atoms with Crippen molar-refractivity contribution in [1.29, 1.82) is 5.26 Å². The molecule has 86 valence electrons. The van der Waals surface area contributed by atoms with Crippen molar-refractivity contribution in [2.24, 2.45) is 0 Å². The van der Waals surface area contributed by atoms with Gasteiger partial charge in [-0.15, -0.1) is 0 Å². The summed E-state index contributed by atoms with van der Waals surface area (Å²) in [6.45, 7) is 2.00. The van der Waals surface area contributed by atoms with Gasteiger partial charge in [0.05, 0.1) is 0 Å². The van der Waals surface area contributed by atoms with Crippen LogP contribution in [0.5, 0.6) is 0 Å². The van der Waals surface area contributed by atoms with E-state index >= 15 is 0 Å². The maximum Gasteiger partial charge on any atom is 0.152 e. The number of fused-ring (bicyclic) bond motifs is 1. The van der Waals surface area contributed by atoms with Gasteiger partial charge in [-0.3, -0.25) is 4.40 Å². The number of hydrogen-bond acceptors (Lipinski definition) is 2. The number of aromatic nitrogens is 2. The van der Waals surface area contributed by atoms with Crippen LogP contribution in [0, 0.1) is 18.3 Å². The van der Waals surface area contributed by atoms with Gasteiger partial charge >= 0.3 is 0 Å². The van der Waals surface area contributed by atoms with Crippen LogP contribution in [0.1, 0.15) is 11.3 Å². The molecule has 3 nitrogen and oxygen atoms in total. The van der Waals surface area contributed by atoms with E-state index in [4.69, 9.17) is 0 Å².